The van der Waals surface area contributed by atoms with Crippen LogP contribution in [-0.4, -0.2) is 27.6 Å². The van der Waals surface area contributed by atoms with Gasteiger partial charge in [-0.2, -0.15) is 0 Å². The zero-order valence-electron chi connectivity index (χ0n) is 12.2. The van der Waals surface area contributed by atoms with Crippen molar-refractivity contribution in [2.24, 2.45) is 29.6 Å². The molecule has 0 radical (unpaired) electrons. The monoisotopic (exact) mass is 290 g/mol. The highest BCUT2D eigenvalue weighted by Crippen LogP contribution is 2.85. The Morgan fingerprint density at radius 3 is 3.05 bits per heavy atom. The summed E-state index contributed by atoms with van der Waals surface area (Å²) in [5.41, 5.74) is 3.71. The molecule has 20 heavy (non-hydrogen) atoms. The fraction of sp³-hybridized carbons (Fsp3) is 0.875. The van der Waals surface area contributed by atoms with Crippen LogP contribution in [0.1, 0.15) is 32.6 Å². The predicted molar refractivity (Wildman–Crippen MR) is 74.9 cm³/mol. The van der Waals surface area contributed by atoms with E-state index in [4.69, 9.17) is 13.3 Å². The molecule has 5 fully saturated rings. The molecule has 8 atom stereocenters. The average Bonchev–Trinajstić information content (AvgIpc) is 2.96. The molecular formula is C16H22O3Si. The van der Waals surface area contributed by atoms with Gasteiger partial charge in [0.1, 0.15) is 0 Å². The summed E-state index contributed by atoms with van der Waals surface area (Å²) < 4.78 is 19.2. The van der Waals surface area contributed by atoms with E-state index in [1.54, 1.807) is 5.57 Å². The van der Waals surface area contributed by atoms with Crippen LogP contribution in [-0.2, 0) is 13.3 Å². The van der Waals surface area contributed by atoms with Crippen LogP contribution in [0.5, 0.6) is 0 Å². The Labute approximate surface area is 121 Å². The largest absolute Gasteiger partial charge is 0.501 e. The van der Waals surface area contributed by atoms with Crippen molar-refractivity contribution in [2.45, 2.75) is 50.4 Å². The van der Waals surface area contributed by atoms with E-state index in [1.165, 1.54) is 19.3 Å². The molecule has 7 unspecified atom stereocenters. The van der Waals surface area contributed by atoms with E-state index in [-0.39, 0.29) is 5.60 Å². The molecule has 5 aliphatic carbocycles. The number of hydrogen-bond acceptors (Lipinski definition) is 3. The normalized spacial score (nSPS) is 63.3. The van der Waals surface area contributed by atoms with Crippen LogP contribution >= 0.6 is 0 Å². The molecule has 0 N–H and O–H groups in total. The van der Waals surface area contributed by atoms with Gasteiger partial charge in [0, 0.05) is 25.0 Å². The Balaban J connectivity index is 1.47. The number of rotatable bonds is 3. The Morgan fingerprint density at radius 1 is 1.35 bits per heavy atom. The first-order valence-electron chi connectivity index (χ1n) is 8.43. The van der Waals surface area contributed by atoms with Gasteiger partial charge in [0.25, 0.3) is 0 Å². The van der Waals surface area contributed by atoms with Crippen LogP contribution in [0.3, 0.4) is 0 Å². The first kappa shape index (κ1) is 11.4. The molecule has 6 rings (SSSR count). The van der Waals surface area contributed by atoms with E-state index in [0.29, 0.717) is 12.0 Å². The Morgan fingerprint density at radius 2 is 2.25 bits per heavy atom. The van der Waals surface area contributed by atoms with Gasteiger partial charge >= 0.3 is 8.80 Å². The van der Waals surface area contributed by atoms with Crippen molar-refractivity contribution in [1.29, 1.82) is 0 Å². The van der Waals surface area contributed by atoms with Crippen molar-refractivity contribution < 1.29 is 13.3 Å². The lowest BCUT2D eigenvalue weighted by atomic mass is 9.38. The van der Waals surface area contributed by atoms with Crippen molar-refractivity contribution in [2.75, 3.05) is 7.11 Å². The van der Waals surface area contributed by atoms with E-state index >= 15 is 0 Å². The summed E-state index contributed by atoms with van der Waals surface area (Å²) in [6, 6.07) is 0.989. The average molecular weight is 290 g/mol. The van der Waals surface area contributed by atoms with Crippen LogP contribution in [0.25, 0.3) is 0 Å². The maximum absolute atomic E-state index is 6.80. The van der Waals surface area contributed by atoms with Crippen LogP contribution < -0.4 is 0 Å². The highest BCUT2D eigenvalue weighted by molar-refractivity contribution is 6.61. The summed E-state index contributed by atoms with van der Waals surface area (Å²) in [6.07, 6.45) is 5.56. The van der Waals surface area contributed by atoms with Gasteiger partial charge in [-0.15, -0.1) is 0 Å². The second-order valence-electron chi connectivity index (χ2n) is 7.75. The molecule has 4 heteroatoms. The molecule has 1 saturated heterocycles. The predicted octanol–water partition coefficient (Wildman–Crippen LogP) is 2.75. The molecule has 4 saturated carbocycles. The minimum absolute atomic E-state index is 0.120. The maximum Gasteiger partial charge on any atom is 0.501 e. The van der Waals surface area contributed by atoms with Crippen LogP contribution in [0.15, 0.2) is 11.1 Å². The zero-order chi connectivity index (χ0) is 13.3. The molecule has 0 amide bonds. The molecule has 0 aromatic carbocycles. The highest BCUT2D eigenvalue weighted by Gasteiger charge is 2.86. The van der Waals surface area contributed by atoms with Gasteiger partial charge < -0.3 is 13.3 Å². The third-order valence-electron chi connectivity index (χ3n) is 7.18. The lowest BCUT2D eigenvalue weighted by molar-refractivity contribution is -0.220. The van der Waals surface area contributed by atoms with Crippen molar-refractivity contribution in [3.63, 3.8) is 0 Å². The van der Waals surface area contributed by atoms with E-state index in [9.17, 15) is 0 Å². The molecular weight excluding hydrogens is 268 g/mol. The summed E-state index contributed by atoms with van der Waals surface area (Å²) in [6.45, 7) is 2.21. The molecule has 1 heterocycles. The van der Waals surface area contributed by atoms with Gasteiger partial charge in [-0.1, -0.05) is 18.9 Å². The Bertz CT molecular complexity index is 560. The van der Waals surface area contributed by atoms with E-state index in [0.717, 1.165) is 36.1 Å². The van der Waals surface area contributed by atoms with Crippen molar-refractivity contribution >= 4 is 8.80 Å². The van der Waals surface area contributed by atoms with Gasteiger partial charge in [-0.05, 0) is 42.6 Å². The third-order valence-corrected chi connectivity index (χ3v) is 10.2. The van der Waals surface area contributed by atoms with Gasteiger partial charge in [0.05, 0.1) is 11.7 Å². The summed E-state index contributed by atoms with van der Waals surface area (Å²) >= 11 is 0. The third kappa shape index (κ3) is 0.903. The van der Waals surface area contributed by atoms with Crippen molar-refractivity contribution in [3.8, 4) is 0 Å². The minimum atomic E-state index is -2.41. The van der Waals surface area contributed by atoms with Gasteiger partial charge in [-0.3, -0.25) is 0 Å². The standard InChI is InChI=1S/C16H22O3Si/c1-3-6-20(17-2)18-11-5-4-8-13(11)16(19-20)14(8)12-9-7-10(9)15(12)16/h8-11,13,15H,3-7H2,1-2H3/t8?,9?,10?,11?,13?,15?,16-,20?/m1/s1. The molecule has 0 aromatic heterocycles. The molecule has 0 bridgehead atoms. The number of hydrogen-bond donors (Lipinski definition) is 0. The summed E-state index contributed by atoms with van der Waals surface area (Å²) in [4.78, 5) is 0. The van der Waals surface area contributed by atoms with Crippen molar-refractivity contribution in [1.82, 2.24) is 0 Å². The Kier molecular flexibility index (Phi) is 1.78. The molecule has 108 valence electrons. The van der Waals surface area contributed by atoms with Gasteiger partial charge in [-0.25, -0.2) is 0 Å². The highest BCUT2D eigenvalue weighted by atomic mass is 28.4. The fourth-order valence-electron chi connectivity index (χ4n) is 6.61. The molecule has 3 nitrogen and oxygen atoms in total. The topological polar surface area (TPSA) is 27.7 Å². The first-order chi connectivity index (χ1) is 9.76. The SMILES string of the molecule is CCC[Si]1(OC)OC2CCC3C4=C5C6CC6C5[C@@]4(O1)C23. The molecule has 1 spiro atoms. The second-order valence-corrected chi connectivity index (χ2v) is 10.5. The Hall–Kier alpha value is -0.163. The quantitative estimate of drug-likeness (QED) is 0.591. The van der Waals surface area contributed by atoms with E-state index < -0.39 is 8.80 Å². The van der Waals surface area contributed by atoms with E-state index in [1.807, 2.05) is 12.7 Å². The van der Waals surface area contributed by atoms with Gasteiger partial charge in [0.2, 0.25) is 0 Å². The lowest BCUT2D eigenvalue weighted by Gasteiger charge is -2.74. The smallest absolute Gasteiger partial charge is 0.377 e. The molecule has 1 aliphatic heterocycles. The summed E-state index contributed by atoms with van der Waals surface area (Å²) in [5, 5.41) is 0. The first-order valence-corrected chi connectivity index (χ1v) is 10.4. The lowest BCUT2D eigenvalue weighted by Crippen LogP contribution is -2.79. The second kappa shape index (κ2) is 3.12. The minimum Gasteiger partial charge on any atom is -0.377 e. The molecule has 6 aliphatic rings. The van der Waals surface area contributed by atoms with Crippen LogP contribution in [0, 0.1) is 29.6 Å². The van der Waals surface area contributed by atoms with Crippen LogP contribution in [0.4, 0.5) is 0 Å². The van der Waals surface area contributed by atoms with Crippen LogP contribution in [0.2, 0.25) is 6.04 Å². The fourth-order valence-corrected chi connectivity index (χ4v) is 9.49. The van der Waals surface area contributed by atoms with E-state index in [2.05, 4.69) is 6.92 Å². The summed E-state index contributed by atoms with van der Waals surface area (Å²) in [7, 11) is -0.600. The van der Waals surface area contributed by atoms with Crippen molar-refractivity contribution in [3.05, 3.63) is 11.1 Å². The maximum atomic E-state index is 6.80. The summed E-state index contributed by atoms with van der Waals surface area (Å²) in [5.74, 6) is 4.24. The van der Waals surface area contributed by atoms with Gasteiger partial charge in [0.15, 0.2) is 0 Å². The number of fused-ring (bicyclic) bond motifs is 5. The molecule has 0 aromatic rings. The zero-order valence-corrected chi connectivity index (χ0v) is 13.2.